The second kappa shape index (κ2) is 9.06. The van der Waals surface area contributed by atoms with Gasteiger partial charge in [-0.2, -0.15) is 0 Å². The number of nitrogens with one attached hydrogen (secondary N) is 1. The van der Waals surface area contributed by atoms with Crippen molar-refractivity contribution in [1.82, 2.24) is 5.32 Å². The largest absolute Gasteiger partial charge is 0.493 e. The normalized spacial score (nSPS) is 10.5. The molecule has 0 atom stereocenters. The molecule has 0 aliphatic carbocycles. The Hall–Kier alpha value is -1.56. The van der Waals surface area contributed by atoms with Crippen LogP contribution in [0.1, 0.15) is 11.1 Å². The molecule has 0 aliphatic rings. The molecule has 24 heavy (non-hydrogen) atoms. The van der Waals surface area contributed by atoms with Crippen molar-refractivity contribution in [1.29, 1.82) is 0 Å². The van der Waals surface area contributed by atoms with Crippen molar-refractivity contribution >= 4 is 27.5 Å². The highest BCUT2D eigenvalue weighted by Gasteiger charge is 2.13. The third kappa shape index (κ3) is 4.97. The monoisotopic (exact) mass is 413 g/mol. The maximum absolute atomic E-state index is 13.1. The van der Waals surface area contributed by atoms with Crippen LogP contribution in [0.4, 0.5) is 4.39 Å². The molecule has 0 saturated heterocycles. The Kier molecular flexibility index (Phi) is 7.09. The highest BCUT2D eigenvalue weighted by Crippen LogP contribution is 2.37. The molecule has 0 radical (unpaired) electrons. The second-order valence-corrected chi connectivity index (χ2v) is 6.31. The molecular weight excluding hydrogens is 397 g/mol. The number of hydrogen-bond acceptors (Lipinski definition) is 3. The molecule has 0 aliphatic heterocycles. The predicted octanol–water partition coefficient (Wildman–Crippen LogP) is 5.10. The highest BCUT2D eigenvalue weighted by molar-refractivity contribution is 9.10. The van der Waals surface area contributed by atoms with Crippen LogP contribution in [0.15, 0.2) is 47.5 Å². The molecule has 3 nitrogen and oxygen atoms in total. The number of ether oxygens (including phenoxy) is 2. The Bertz CT molecular complexity index is 724. The molecule has 0 heterocycles. The summed E-state index contributed by atoms with van der Waals surface area (Å²) in [5.41, 5.74) is 1.75. The molecule has 0 spiro atoms. The first-order valence-electron chi connectivity index (χ1n) is 7.30. The molecule has 0 aromatic heterocycles. The van der Waals surface area contributed by atoms with Gasteiger partial charge in [0.05, 0.1) is 16.6 Å². The van der Waals surface area contributed by atoms with Crippen molar-refractivity contribution in [3.63, 3.8) is 0 Å². The van der Waals surface area contributed by atoms with E-state index >= 15 is 0 Å². The SMILES string of the molecule is C=CCNCc1cc(Br)c(OCc2ccc(F)cc2Cl)c(OC)c1. The average Bonchev–Trinajstić information content (AvgIpc) is 2.55. The van der Waals surface area contributed by atoms with E-state index < -0.39 is 0 Å². The summed E-state index contributed by atoms with van der Waals surface area (Å²) < 4.78 is 25.1. The van der Waals surface area contributed by atoms with Crippen LogP contribution < -0.4 is 14.8 Å². The van der Waals surface area contributed by atoms with Gasteiger partial charge in [-0.05, 0) is 45.8 Å². The first kappa shape index (κ1) is 18.8. The van der Waals surface area contributed by atoms with Crippen molar-refractivity contribution in [2.24, 2.45) is 0 Å². The first-order valence-corrected chi connectivity index (χ1v) is 8.47. The van der Waals surface area contributed by atoms with Crippen molar-refractivity contribution in [3.05, 3.63) is 69.4 Å². The topological polar surface area (TPSA) is 30.5 Å². The summed E-state index contributed by atoms with van der Waals surface area (Å²) >= 11 is 9.53. The van der Waals surface area contributed by atoms with Gasteiger partial charge in [-0.1, -0.05) is 23.7 Å². The summed E-state index contributed by atoms with van der Waals surface area (Å²) in [5.74, 6) is 0.808. The number of rotatable bonds is 8. The van der Waals surface area contributed by atoms with Crippen LogP contribution in [0.2, 0.25) is 5.02 Å². The minimum Gasteiger partial charge on any atom is -0.493 e. The van der Waals surface area contributed by atoms with Crippen LogP contribution >= 0.6 is 27.5 Å². The minimum atomic E-state index is -0.376. The van der Waals surface area contributed by atoms with E-state index in [1.54, 1.807) is 19.3 Å². The van der Waals surface area contributed by atoms with Gasteiger partial charge in [0.1, 0.15) is 12.4 Å². The molecule has 2 rings (SSSR count). The van der Waals surface area contributed by atoms with Crippen LogP contribution in [0, 0.1) is 5.82 Å². The lowest BCUT2D eigenvalue weighted by Gasteiger charge is -2.15. The van der Waals surface area contributed by atoms with Crippen molar-refractivity contribution in [2.75, 3.05) is 13.7 Å². The summed E-state index contributed by atoms with van der Waals surface area (Å²) in [5, 5.41) is 3.56. The molecular formula is C18H18BrClFNO2. The Morgan fingerprint density at radius 1 is 1.33 bits per heavy atom. The van der Waals surface area contributed by atoms with E-state index in [1.807, 2.05) is 12.1 Å². The highest BCUT2D eigenvalue weighted by atomic mass is 79.9. The lowest BCUT2D eigenvalue weighted by atomic mass is 10.2. The lowest BCUT2D eigenvalue weighted by Crippen LogP contribution is -2.12. The van der Waals surface area contributed by atoms with Gasteiger partial charge in [-0.15, -0.1) is 6.58 Å². The zero-order valence-corrected chi connectivity index (χ0v) is 15.6. The van der Waals surface area contributed by atoms with E-state index in [1.165, 1.54) is 12.1 Å². The number of benzene rings is 2. The van der Waals surface area contributed by atoms with Gasteiger partial charge >= 0.3 is 0 Å². The van der Waals surface area contributed by atoms with Gasteiger partial charge in [0.25, 0.3) is 0 Å². The summed E-state index contributed by atoms with van der Waals surface area (Å²) in [7, 11) is 1.58. The van der Waals surface area contributed by atoms with Gasteiger partial charge in [-0.25, -0.2) is 4.39 Å². The zero-order chi connectivity index (χ0) is 17.5. The number of halogens is 3. The summed E-state index contributed by atoms with van der Waals surface area (Å²) in [6, 6.07) is 8.08. The van der Waals surface area contributed by atoms with Crippen LogP contribution in [0.3, 0.4) is 0 Å². The summed E-state index contributed by atoms with van der Waals surface area (Å²) in [4.78, 5) is 0. The van der Waals surface area contributed by atoms with Gasteiger partial charge in [0.15, 0.2) is 11.5 Å². The van der Waals surface area contributed by atoms with Crippen molar-refractivity contribution in [2.45, 2.75) is 13.2 Å². The maximum Gasteiger partial charge on any atom is 0.175 e. The average molecular weight is 415 g/mol. The van der Waals surface area contributed by atoms with E-state index in [9.17, 15) is 4.39 Å². The van der Waals surface area contributed by atoms with Crippen LogP contribution in [0.25, 0.3) is 0 Å². The molecule has 0 saturated carbocycles. The Balaban J connectivity index is 2.15. The number of methoxy groups -OCH3 is 1. The van der Waals surface area contributed by atoms with Gasteiger partial charge in [0, 0.05) is 18.7 Å². The summed E-state index contributed by atoms with van der Waals surface area (Å²) in [6.45, 7) is 5.29. The fourth-order valence-electron chi connectivity index (χ4n) is 2.12. The minimum absolute atomic E-state index is 0.210. The molecule has 0 fully saturated rings. The predicted molar refractivity (Wildman–Crippen MR) is 98.3 cm³/mol. The molecule has 128 valence electrons. The van der Waals surface area contributed by atoms with Crippen molar-refractivity contribution < 1.29 is 13.9 Å². The molecule has 0 unspecified atom stereocenters. The molecule has 2 aromatic rings. The van der Waals surface area contributed by atoms with Crippen molar-refractivity contribution in [3.8, 4) is 11.5 Å². The quantitative estimate of drug-likeness (QED) is 0.481. The van der Waals surface area contributed by atoms with E-state index in [2.05, 4.69) is 27.8 Å². The van der Waals surface area contributed by atoms with E-state index in [4.69, 9.17) is 21.1 Å². The van der Waals surface area contributed by atoms with E-state index in [0.717, 1.165) is 16.6 Å². The second-order valence-electron chi connectivity index (χ2n) is 5.05. The molecule has 0 amide bonds. The fraction of sp³-hybridized carbons (Fsp3) is 0.222. The Labute approximate surface area is 154 Å². The number of hydrogen-bond donors (Lipinski definition) is 1. The van der Waals surface area contributed by atoms with Crippen LogP contribution in [-0.4, -0.2) is 13.7 Å². The molecule has 0 bridgehead atoms. The first-order chi connectivity index (χ1) is 11.5. The molecule has 2 aromatic carbocycles. The van der Waals surface area contributed by atoms with E-state index in [-0.39, 0.29) is 12.4 Å². The molecule has 6 heteroatoms. The molecule has 1 N–H and O–H groups in total. The van der Waals surface area contributed by atoms with Crippen LogP contribution in [0.5, 0.6) is 11.5 Å². The lowest BCUT2D eigenvalue weighted by molar-refractivity contribution is 0.282. The van der Waals surface area contributed by atoms with Crippen LogP contribution in [-0.2, 0) is 13.2 Å². The third-order valence-electron chi connectivity index (χ3n) is 3.29. The summed E-state index contributed by atoms with van der Waals surface area (Å²) in [6.07, 6.45) is 1.80. The van der Waals surface area contributed by atoms with Gasteiger partial charge < -0.3 is 14.8 Å². The van der Waals surface area contributed by atoms with E-state index in [0.29, 0.717) is 28.6 Å². The Morgan fingerprint density at radius 2 is 2.12 bits per heavy atom. The standard InChI is InChI=1S/C18H18BrClFNO2/c1-3-6-22-10-12-7-15(19)18(17(8-12)23-2)24-11-13-4-5-14(21)9-16(13)20/h3-5,7-9,22H,1,6,10-11H2,2H3. The van der Waals surface area contributed by atoms with Gasteiger partial charge in [-0.3, -0.25) is 0 Å². The zero-order valence-electron chi connectivity index (χ0n) is 13.2. The smallest absolute Gasteiger partial charge is 0.175 e. The third-order valence-corrected chi connectivity index (χ3v) is 4.24. The maximum atomic E-state index is 13.1. The van der Waals surface area contributed by atoms with Gasteiger partial charge in [0.2, 0.25) is 0 Å². The fourth-order valence-corrected chi connectivity index (χ4v) is 2.95. The Morgan fingerprint density at radius 3 is 2.79 bits per heavy atom.